The fourth-order valence-electron chi connectivity index (χ4n) is 1.25. The molecule has 0 aliphatic heterocycles. The summed E-state index contributed by atoms with van der Waals surface area (Å²) in [6.45, 7) is 1.93. The molecule has 3 N–H and O–H groups in total. The van der Waals surface area contributed by atoms with Crippen molar-refractivity contribution in [3.63, 3.8) is 0 Å². The van der Waals surface area contributed by atoms with E-state index in [1.165, 1.54) is 0 Å². The lowest BCUT2D eigenvalue weighted by Crippen LogP contribution is -2.31. The van der Waals surface area contributed by atoms with Crippen LogP contribution in [0.3, 0.4) is 0 Å². The highest BCUT2D eigenvalue weighted by molar-refractivity contribution is 9.10. The zero-order chi connectivity index (χ0) is 13.5. The van der Waals surface area contributed by atoms with Gasteiger partial charge in [0.25, 0.3) is 0 Å². The Kier molecular flexibility index (Phi) is 5.64. The summed E-state index contributed by atoms with van der Waals surface area (Å²) in [5, 5.41) is 14.0. The van der Waals surface area contributed by atoms with Gasteiger partial charge in [0.05, 0.1) is 11.6 Å². The smallest absolute Gasteiger partial charge is 0.319 e. The van der Waals surface area contributed by atoms with Gasteiger partial charge in [-0.25, -0.2) is 4.79 Å². The molecule has 18 heavy (non-hydrogen) atoms. The Morgan fingerprint density at radius 2 is 2.06 bits per heavy atom. The summed E-state index contributed by atoms with van der Waals surface area (Å²) in [6.07, 6.45) is 0.402. The molecule has 0 spiro atoms. The number of carboxylic acids is 1. The van der Waals surface area contributed by atoms with Gasteiger partial charge in [-0.3, -0.25) is 4.79 Å². The van der Waals surface area contributed by atoms with Crippen molar-refractivity contribution in [2.24, 2.45) is 5.92 Å². The third-order valence-corrected chi connectivity index (χ3v) is 3.10. The second-order valence-corrected chi connectivity index (χ2v) is 4.74. The number of urea groups is 1. The zero-order valence-electron chi connectivity index (χ0n) is 9.94. The molecular weight excluding hydrogens is 300 g/mol. The summed E-state index contributed by atoms with van der Waals surface area (Å²) in [7, 11) is 0. The molecule has 0 aromatic heterocycles. The number of nitrogens with one attached hydrogen (secondary N) is 2. The minimum atomic E-state index is -0.858. The van der Waals surface area contributed by atoms with Crippen LogP contribution in [-0.2, 0) is 4.79 Å². The molecule has 0 aliphatic carbocycles. The maximum atomic E-state index is 11.5. The quantitative estimate of drug-likeness (QED) is 0.781. The number of halogens is 1. The summed E-state index contributed by atoms with van der Waals surface area (Å²) in [5.41, 5.74) is 0.668. The third-order valence-electron chi connectivity index (χ3n) is 2.41. The van der Waals surface area contributed by atoms with Crippen LogP contribution in [0.4, 0.5) is 10.5 Å². The van der Waals surface area contributed by atoms with Crippen molar-refractivity contribution in [3.05, 3.63) is 28.7 Å². The van der Waals surface area contributed by atoms with E-state index in [0.717, 1.165) is 4.47 Å². The van der Waals surface area contributed by atoms with Gasteiger partial charge in [-0.2, -0.15) is 0 Å². The van der Waals surface area contributed by atoms with Crippen LogP contribution >= 0.6 is 15.9 Å². The molecule has 6 heteroatoms. The Morgan fingerprint density at radius 3 is 2.67 bits per heavy atom. The predicted molar refractivity (Wildman–Crippen MR) is 72.6 cm³/mol. The van der Waals surface area contributed by atoms with Crippen LogP contribution in [0.1, 0.15) is 13.3 Å². The molecule has 0 radical (unpaired) electrons. The fourth-order valence-corrected chi connectivity index (χ4v) is 1.64. The van der Waals surface area contributed by atoms with Crippen molar-refractivity contribution in [2.45, 2.75) is 13.3 Å². The average molecular weight is 315 g/mol. The van der Waals surface area contributed by atoms with Crippen LogP contribution in [0.15, 0.2) is 28.7 Å². The van der Waals surface area contributed by atoms with Crippen LogP contribution in [0.25, 0.3) is 0 Å². The molecule has 0 saturated carbocycles. The molecule has 0 fully saturated rings. The second-order valence-electron chi connectivity index (χ2n) is 3.89. The molecule has 98 valence electrons. The van der Waals surface area contributed by atoms with Crippen molar-refractivity contribution in [1.29, 1.82) is 0 Å². The van der Waals surface area contributed by atoms with Crippen molar-refractivity contribution < 1.29 is 14.7 Å². The molecule has 1 unspecified atom stereocenters. The highest BCUT2D eigenvalue weighted by Crippen LogP contribution is 2.20. The van der Waals surface area contributed by atoms with Gasteiger partial charge in [-0.05, 0) is 34.5 Å². The summed E-state index contributed by atoms with van der Waals surface area (Å²) >= 11 is 3.32. The molecule has 0 saturated heterocycles. The number of para-hydroxylation sites is 1. The molecule has 5 nitrogen and oxygen atoms in total. The number of carboxylic acid groups (broad SMARTS) is 1. The van der Waals surface area contributed by atoms with Crippen molar-refractivity contribution >= 4 is 33.6 Å². The number of hydrogen-bond donors (Lipinski definition) is 3. The SMILES string of the molecule is CC(CCNC(=O)Nc1ccccc1Br)C(=O)O. The first-order valence-corrected chi connectivity index (χ1v) is 6.32. The Balaban J connectivity index is 2.35. The molecule has 0 aliphatic rings. The lowest BCUT2D eigenvalue weighted by Gasteiger charge is -2.10. The number of carbonyl (C=O) groups excluding carboxylic acids is 1. The van der Waals surface area contributed by atoms with Gasteiger partial charge in [0.15, 0.2) is 0 Å². The topological polar surface area (TPSA) is 78.4 Å². The van der Waals surface area contributed by atoms with Gasteiger partial charge in [0.2, 0.25) is 0 Å². The van der Waals surface area contributed by atoms with Crippen LogP contribution in [0, 0.1) is 5.92 Å². The van der Waals surface area contributed by atoms with E-state index in [1.807, 2.05) is 18.2 Å². The lowest BCUT2D eigenvalue weighted by atomic mass is 10.1. The monoisotopic (exact) mass is 314 g/mol. The van der Waals surface area contributed by atoms with Gasteiger partial charge in [0, 0.05) is 11.0 Å². The summed E-state index contributed by atoms with van der Waals surface area (Å²) in [6, 6.07) is 6.90. The van der Waals surface area contributed by atoms with E-state index in [2.05, 4.69) is 26.6 Å². The number of benzene rings is 1. The van der Waals surface area contributed by atoms with Gasteiger partial charge < -0.3 is 15.7 Å². The highest BCUT2D eigenvalue weighted by Gasteiger charge is 2.11. The van der Waals surface area contributed by atoms with Gasteiger partial charge in [0.1, 0.15) is 0 Å². The van der Waals surface area contributed by atoms with E-state index in [9.17, 15) is 9.59 Å². The van der Waals surface area contributed by atoms with Crippen LogP contribution in [0.5, 0.6) is 0 Å². The van der Waals surface area contributed by atoms with Gasteiger partial charge >= 0.3 is 12.0 Å². The number of carbonyl (C=O) groups is 2. The first-order valence-electron chi connectivity index (χ1n) is 5.53. The predicted octanol–water partition coefficient (Wildman–Crippen LogP) is 2.68. The van der Waals surface area contributed by atoms with Crippen LogP contribution in [-0.4, -0.2) is 23.7 Å². The van der Waals surface area contributed by atoms with Crippen molar-refractivity contribution in [3.8, 4) is 0 Å². The first-order chi connectivity index (χ1) is 8.50. The van der Waals surface area contributed by atoms with Crippen molar-refractivity contribution in [1.82, 2.24) is 5.32 Å². The number of rotatable bonds is 5. The van der Waals surface area contributed by atoms with Gasteiger partial charge in [-0.15, -0.1) is 0 Å². The van der Waals surface area contributed by atoms with Crippen LogP contribution in [0.2, 0.25) is 0 Å². The third kappa shape index (κ3) is 4.75. The Bertz CT molecular complexity index is 437. The van der Waals surface area contributed by atoms with Crippen molar-refractivity contribution in [2.75, 3.05) is 11.9 Å². The molecule has 1 aromatic carbocycles. The second kappa shape index (κ2) is 7.00. The van der Waals surface area contributed by atoms with Crippen LogP contribution < -0.4 is 10.6 Å². The number of hydrogen-bond acceptors (Lipinski definition) is 2. The minimum Gasteiger partial charge on any atom is -0.481 e. The largest absolute Gasteiger partial charge is 0.481 e. The van der Waals surface area contributed by atoms with E-state index in [4.69, 9.17) is 5.11 Å². The van der Waals surface area contributed by atoms with E-state index >= 15 is 0 Å². The Labute approximate surface area is 114 Å². The average Bonchev–Trinajstić information content (AvgIpc) is 2.32. The first kappa shape index (κ1) is 14.5. The molecule has 0 bridgehead atoms. The van der Waals surface area contributed by atoms with E-state index in [0.29, 0.717) is 18.7 Å². The Morgan fingerprint density at radius 1 is 1.39 bits per heavy atom. The maximum absolute atomic E-state index is 11.5. The number of aliphatic carboxylic acids is 1. The fraction of sp³-hybridized carbons (Fsp3) is 0.333. The van der Waals surface area contributed by atoms with E-state index in [-0.39, 0.29) is 6.03 Å². The molecular formula is C12H15BrN2O3. The zero-order valence-corrected chi connectivity index (χ0v) is 11.5. The maximum Gasteiger partial charge on any atom is 0.319 e. The molecule has 0 heterocycles. The van der Waals surface area contributed by atoms with Gasteiger partial charge in [-0.1, -0.05) is 19.1 Å². The summed E-state index contributed by atoms with van der Waals surface area (Å²) < 4.78 is 0.791. The molecule has 1 aromatic rings. The van der Waals surface area contributed by atoms with E-state index in [1.54, 1.807) is 13.0 Å². The summed E-state index contributed by atoms with van der Waals surface area (Å²) in [5.74, 6) is -1.32. The molecule has 1 atom stereocenters. The standard InChI is InChI=1S/C12H15BrN2O3/c1-8(11(16)17)6-7-14-12(18)15-10-5-3-2-4-9(10)13/h2-5,8H,6-7H2,1H3,(H,16,17)(H2,14,15,18). The minimum absolute atomic E-state index is 0.323. The normalized spacial score (nSPS) is 11.7. The molecule has 1 rings (SSSR count). The lowest BCUT2D eigenvalue weighted by molar-refractivity contribution is -0.141. The number of anilines is 1. The van der Waals surface area contributed by atoms with E-state index < -0.39 is 11.9 Å². The Hall–Kier alpha value is -1.56. The highest BCUT2D eigenvalue weighted by atomic mass is 79.9. The molecule has 2 amide bonds. The number of amides is 2. The summed E-state index contributed by atoms with van der Waals surface area (Å²) in [4.78, 5) is 22.1.